The third kappa shape index (κ3) is 4.54. The molecular weight excluding hydrogens is 182 g/mol. The fourth-order valence-electron chi connectivity index (χ4n) is 1.14. The largest absolute Gasteiger partial charge is 0.479 e. The van der Waals surface area contributed by atoms with Crippen molar-refractivity contribution in [1.82, 2.24) is 5.06 Å². The van der Waals surface area contributed by atoms with E-state index in [2.05, 4.69) is 0 Å². The van der Waals surface area contributed by atoms with E-state index >= 15 is 0 Å². The maximum atomic E-state index is 10.1. The van der Waals surface area contributed by atoms with Crippen LogP contribution in [0.1, 0.15) is 19.3 Å². The average molecular weight is 196 g/mol. The molecule has 1 fully saturated rings. The molecule has 0 amide bonds. The molecule has 0 aliphatic carbocycles. The number of carboxylic acid groups (broad SMARTS) is 1. The Bertz CT molecular complexity index is 137. The molecule has 4 nitrogen and oxygen atoms in total. The number of aliphatic carboxylic acids is 1. The number of piperidine rings is 1. The van der Waals surface area contributed by atoms with Crippen LogP contribution in [0.15, 0.2) is 0 Å². The highest BCUT2D eigenvalue weighted by atomic mass is 35.5. The summed E-state index contributed by atoms with van der Waals surface area (Å²) in [6.45, 7) is 1.53. The quantitative estimate of drug-likeness (QED) is 0.728. The fourth-order valence-corrected chi connectivity index (χ4v) is 1.14. The van der Waals surface area contributed by atoms with Gasteiger partial charge in [0.2, 0.25) is 0 Å². The summed E-state index contributed by atoms with van der Waals surface area (Å²) in [7, 11) is 0. The molecule has 0 spiro atoms. The molecule has 0 unspecified atom stereocenters. The Hall–Kier alpha value is -0.320. The molecule has 1 N–H and O–H groups in total. The summed E-state index contributed by atoms with van der Waals surface area (Å²) in [5.41, 5.74) is 0. The Balaban J connectivity index is 0.00000121. The van der Waals surface area contributed by atoms with Crippen LogP contribution in [0.4, 0.5) is 0 Å². The molecule has 1 aliphatic heterocycles. The first-order chi connectivity index (χ1) is 5.29. The predicted octanol–water partition coefficient (Wildman–Crippen LogP) is 0.910. The average Bonchev–Trinajstić information content (AvgIpc) is 2.03. The maximum Gasteiger partial charge on any atom is 0.331 e. The van der Waals surface area contributed by atoms with Gasteiger partial charge in [-0.3, -0.25) is 4.84 Å². The van der Waals surface area contributed by atoms with E-state index in [9.17, 15) is 4.79 Å². The predicted molar refractivity (Wildman–Crippen MR) is 46.3 cm³/mol. The summed E-state index contributed by atoms with van der Waals surface area (Å²) in [5.74, 6) is -0.907. The molecular formula is C7H14ClNO3. The van der Waals surface area contributed by atoms with Crippen LogP contribution in [0.3, 0.4) is 0 Å². The van der Waals surface area contributed by atoms with E-state index in [1.165, 1.54) is 6.42 Å². The fraction of sp³-hybridized carbons (Fsp3) is 0.857. The van der Waals surface area contributed by atoms with Gasteiger partial charge in [0.15, 0.2) is 6.61 Å². The highest BCUT2D eigenvalue weighted by Crippen LogP contribution is 2.08. The van der Waals surface area contributed by atoms with Crippen LogP contribution in [0.25, 0.3) is 0 Å². The Morgan fingerprint density at radius 1 is 1.33 bits per heavy atom. The SMILES string of the molecule is Cl.O=C(O)CON1CCCCC1. The molecule has 1 heterocycles. The van der Waals surface area contributed by atoms with Crippen molar-refractivity contribution in [3.63, 3.8) is 0 Å². The molecule has 1 aliphatic rings. The normalized spacial score (nSPS) is 18.3. The zero-order chi connectivity index (χ0) is 8.10. The number of carboxylic acids is 1. The number of hydrogen-bond acceptors (Lipinski definition) is 3. The van der Waals surface area contributed by atoms with Gasteiger partial charge in [-0.2, -0.15) is 5.06 Å². The summed E-state index contributed by atoms with van der Waals surface area (Å²) in [6.07, 6.45) is 3.45. The Kier molecular flexibility index (Phi) is 6.06. The van der Waals surface area contributed by atoms with E-state index in [0.717, 1.165) is 25.9 Å². The molecule has 0 bridgehead atoms. The van der Waals surface area contributed by atoms with E-state index in [-0.39, 0.29) is 19.0 Å². The minimum Gasteiger partial charge on any atom is -0.479 e. The van der Waals surface area contributed by atoms with Crippen molar-refractivity contribution in [3.8, 4) is 0 Å². The topological polar surface area (TPSA) is 49.8 Å². The summed E-state index contributed by atoms with van der Waals surface area (Å²) in [5, 5.41) is 10.0. The van der Waals surface area contributed by atoms with Crippen molar-refractivity contribution in [1.29, 1.82) is 0 Å². The van der Waals surface area contributed by atoms with Crippen molar-refractivity contribution in [2.45, 2.75) is 19.3 Å². The monoisotopic (exact) mass is 195 g/mol. The van der Waals surface area contributed by atoms with Gasteiger partial charge in [-0.05, 0) is 12.8 Å². The smallest absolute Gasteiger partial charge is 0.331 e. The van der Waals surface area contributed by atoms with Crippen molar-refractivity contribution in [2.24, 2.45) is 0 Å². The lowest BCUT2D eigenvalue weighted by atomic mass is 10.2. The summed E-state index contributed by atoms with van der Waals surface area (Å²) in [4.78, 5) is 15.1. The maximum absolute atomic E-state index is 10.1. The van der Waals surface area contributed by atoms with E-state index in [1.807, 2.05) is 0 Å². The van der Waals surface area contributed by atoms with Gasteiger partial charge in [-0.25, -0.2) is 4.79 Å². The highest BCUT2D eigenvalue weighted by molar-refractivity contribution is 5.85. The minimum absolute atomic E-state index is 0. The number of hydrogen-bond donors (Lipinski definition) is 1. The van der Waals surface area contributed by atoms with Gasteiger partial charge < -0.3 is 5.11 Å². The molecule has 1 rings (SSSR count). The lowest BCUT2D eigenvalue weighted by Gasteiger charge is -2.24. The second-order valence-corrected chi connectivity index (χ2v) is 2.66. The zero-order valence-corrected chi connectivity index (χ0v) is 7.68. The van der Waals surface area contributed by atoms with E-state index in [0.29, 0.717) is 0 Å². The molecule has 1 saturated heterocycles. The minimum atomic E-state index is -0.907. The van der Waals surface area contributed by atoms with E-state index in [4.69, 9.17) is 9.94 Å². The molecule has 5 heteroatoms. The Morgan fingerprint density at radius 2 is 1.92 bits per heavy atom. The highest BCUT2D eigenvalue weighted by Gasteiger charge is 2.11. The number of hydroxylamine groups is 2. The first-order valence-electron chi connectivity index (χ1n) is 3.88. The molecule has 0 atom stereocenters. The summed E-state index contributed by atoms with van der Waals surface area (Å²) >= 11 is 0. The first kappa shape index (κ1) is 11.7. The lowest BCUT2D eigenvalue weighted by Crippen LogP contribution is -2.31. The van der Waals surface area contributed by atoms with Crippen LogP contribution in [-0.4, -0.2) is 35.8 Å². The van der Waals surface area contributed by atoms with Gasteiger partial charge in [0.25, 0.3) is 0 Å². The number of nitrogens with zero attached hydrogens (tertiary/aromatic N) is 1. The third-order valence-corrected chi connectivity index (χ3v) is 1.69. The van der Waals surface area contributed by atoms with Gasteiger partial charge in [0.1, 0.15) is 0 Å². The van der Waals surface area contributed by atoms with Crippen LogP contribution in [0.2, 0.25) is 0 Å². The molecule has 0 aromatic heterocycles. The van der Waals surface area contributed by atoms with Gasteiger partial charge in [-0.1, -0.05) is 6.42 Å². The zero-order valence-electron chi connectivity index (χ0n) is 6.86. The van der Waals surface area contributed by atoms with Crippen molar-refractivity contribution < 1.29 is 14.7 Å². The summed E-state index contributed by atoms with van der Waals surface area (Å²) in [6, 6.07) is 0. The van der Waals surface area contributed by atoms with Crippen molar-refractivity contribution in [2.75, 3.05) is 19.7 Å². The van der Waals surface area contributed by atoms with Crippen molar-refractivity contribution in [3.05, 3.63) is 0 Å². The number of halogens is 1. The first-order valence-corrected chi connectivity index (χ1v) is 3.88. The van der Waals surface area contributed by atoms with E-state index in [1.54, 1.807) is 5.06 Å². The molecule has 0 aromatic carbocycles. The Morgan fingerprint density at radius 3 is 2.42 bits per heavy atom. The van der Waals surface area contributed by atoms with Gasteiger partial charge >= 0.3 is 5.97 Å². The van der Waals surface area contributed by atoms with Crippen LogP contribution < -0.4 is 0 Å². The molecule has 0 radical (unpaired) electrons. The second-order valence-electron chi connectivity index (χ2n) is 2.66. The van der Waals surface area contributed by atoms with Crippen LogP contribution in [0, 0.1) is 0 Å². The van der Waals surface area contributed by atoms with Crippen LogP contribution >= 0.6 is 12.4 Å². The van der Waals surface area contributed by atoms with Crippen molar-refractivity contribution >= 4 is 18.4 Å². The molecule has 12 heavy (non-hydrogen) atoms. The Labute approximate surface area is 77.9 Å². The molecule has 0 saturated carbocycles. The standard InChI is InChI=1S/C7H13NO3.ClH/c9-7(10)6-11-8-4-2-1-3-5-8;/h1-6H2,(H,9,10);1H. The summed E-state index contributed by atoms with van der Waals surface area (Å²) < 4.78 is 0. The molecule has 72 valence electrons. The molecule has 0 aromatic rings. The van der Waals surface area contributed by atoms with Gasteiger partial charge in [-0.15, -0.1) is 12.4 Å². The van der Waals surface area contributed by atoms with Crippen LogP contribution in [0.5, 0.6) is 0 Å². The van der Waals surface area contributed by atoms with Crippen LogP contribution in [-0.2, 0) is 9.63 Å². The second kappa shape index (κ2) is 6.22. The number of carbonyl (C=O) groups is 1. The van der Waals surface area contributed by atoms with Gasteiger partial charge in [0.05, 0.1) is 0 Å². The third-order valence-electron chi connectivity index (χ3n) is 1.69. The number of rotatable bonds is 3. The lowest BCUT2D eigenvalue weighted by molar-refractivity contribution is -0.186. The van der Waals surface area contributed by atoms with Gasteiger partial charge in [0, 0.05) is 13.1 Å². The van der Waals surface area contributed by atoms with E-state index < -0.39 is 5.97 Å².